The first kappa shape index (κ1) is 11.8. The molecule has 3 fully saturated rings. The quantitative estimate of drug-likeness (QED) is 0.589. The Bertz CT molecular complexity index is 323. The van der Waals surface area contributed by atoms with Crippen molar-refractivity contribution in [3.63, 3.8) is 0 Å². The van der Waals surface area contributed by atoms with E-state index in [1.165, 1.54) is 0 Å². The molecule has 3 aliphatic heterocycles. The Balaban J connectivity index is 1.87. The standard InChI is InChI=1S/C11H19NO5/c1-10(2)16-8-9(17-10)15-7-5-14-4-6(13)3-11(7,8)12/h6-9,13H,3-5,12H2,1-2H3/t6-,7+,8-,9+,11+/m0/s1. The largest absolute Gasteiger partial charge is 0.391 e. The lowest BCUT2D eigenvalue weighted by atomic mass is 9.85. The summed E-state index contributed by atoms with van der Waals surface area (Å²) in [6.45, 7) is 4.32. The number of hydrogen-bond donors (Lipinski definition) is 2. The molecular formula is C11H19NO5. The van der Waals surface area contributed by atoms with Gasteiger partial charge in [0.1, 0.15) is 12.2 Å². The number of aliphatic hydroxyl groups excluding tert-OH is 1. The zero-order valence-electron chi connectivity index (χ0n) is 10.1. The Hall–Kier alpha value is -0.240. The lowest BCUT2D eigenvalue weighted by Gasteiger charge is -2.33. The van der Waals surface area contributed by atoms with Crippen molar-refractivity contribution in [2.24, 2.45) is 5.73 Å². The minimum Gasteiger partial charge on any atom is -0.391 e. The summed E-state index contributed by atoms with van der Waals surface area (Å²) in [7, 11) is 0. The van der Waals surface area contributed by atoms with Gasteiger partial charge in [0.25, 0.3) is 0 Å². The second-order valence-corrected chi connectivity index (χ2v) is 5.56. The van der Waals surface area contributed by atoms with Crippen LogP contribution in [0, 0.1) is 0 Å². The second-order valence-electron chi connectivity index (χ2n) is 5.56. The average molecular weight is 245 g/mol. The van der Waals surface area contributed by atoms with Gasteiger partial charge in [-0.25, -0.2) is 0 Å². The van der Waals surface area contributed by atoms with Gasteiger partial charge in [-0.15, -0.1) is 0 Å². The molecule has 0 bridgehead atoms. The fourth-order valence-corrected chi connectivity index (χ4v) is 2.88. The van der Waals surface area contributed by atoms with Gasteiger partial charge in [0.2, 0.25) is 0 Å². The van der Waals surface area contributed by atoms with Crippen molar-refractivity contribution in [3.8, 4) is 0 Å². The third kappa shape index (κ3) is 1.80. The SMILES string of the molecule is CC1(C)O[C@H]2O[C@@H]3COC[C@@H](O)C[C@]3(N)[C@H]2O1. The van der Waals surface area contributed by atoms with E-state index in [1.807, 2.05) is 13.8 Å². The molecule has 6 heteroatoms. The number of fused-ring (bicyclic) bond motifs is 3. The molecule has 3 rings (SSSR count). The van der Waals surface area contributed by atoms with Gasteiger partial charge in [-0.2, -0.15) is 0 Å². The first-order valence-corrected chi connectivity index (χ1v) is 5.96. The predicted molar refractivity (Wildman–Crippen MR) is 57.1 cm³/mol. The topological polar surface area (TPSA) is 83.2 Å². The summed E-state index contributed by atoms with van der Waals surface area (Å²) in [6.07, 6.45) is -1.28. The van der Waals surface area contributed by atoms with Gasteiger partial charge in [0.15, 0.2) is 12.1 Å². The first-order valence-electron chi connectivity index (χ1n) is 5.96. The number of ether oxygens (including phenoxy) is 4. The van der Waals surface area contributed by atoms with Crippen LogP contribution in [0.25, 0.3) is 0 Å². The Morgan fingerprint density at radius 1 is 1.24 bits per heavy atom. The fourth-order valence-electron chi connectivity index (χ4n) is 2.88. The second kappa shape index (κ2) is 3.63. The molecule has 5 atom stereocenters. The summed E-state index contributed by atoms with van der Waals surface area (Å²) in [6, 6.07) is 0. The fraction of sp³-hybridized carbons (Fsp3) is 1.00. The van der Waals surface area contributed by atoms with E-state index in [0.29, 0.717) is 19.6 Å². The zero-order valence-corrected chi connectivity index (χ0v) is 10.1. The number of hydrogen-bond acceptors (Lipinski definition) is 6. The van der Waals surface area contributed by atoms with E-state index >= 15 is 0 Å². The molecule has 0 amide bonds. The molecule has 6 nitrogen and oxygen atoms in total. The minimum absolute atomic E-state index is 0.286. The maximum atomic E-state index is 9.79. The summed E-state index contributed by atoms with van der Waals surface area (Å²) in [5.41, 5.74) is 5.65. The number of rotatable bonds is 0. The van der Waals surface area contributed by atoms with Crippen molar-refractivity contribution in [1.82, 2.24) is 0 Å². The van der Waals surface area contributed by atoms with Crippen LogP contribution in [0.5, 0.6) is 0 Å². The van der Waals surface area contributed by atoms with E-state index in [2.05, 4.69) is 0 Å². The van der Waals surface area contributed by atoms with Crippen LogP contribution in [0.15, 0.2) is 0 Å². The molecule has 3 N–H and O–H groups in total. The Kier molecular flexibility index (Phi) is 2.52. The van der Waals surface area contributed by atoms with Gasteiger partial charge in [0, 0.05) is 0 Å². The van der Waals surface area contributed by atoms with Crippen molar-refractivity contribution in [3.05, 3.63) is 0 Å². The van der Waals surface area contributed by atoms with Crippen LogP contribution in [-0.2, 0) is 18.9 Å². The van der Waals surface area contributed by atoms with E-state index in [9.17, 15) is 5.11 Å². The van der Waals surface area contributed by atoms with Crippen LogP contribution >= 0.6 is 0 Å². The van der Waals surface area contributed by atoms with E-state index in [0.717, 1.165) is 0 Å². The summed E-state index contributed by atoms with van der Waals surface area (Å²) < 4.78 is 22.5. The monoisotopic (exact) mass is 245 g/mol. The molecule has 0 aromatic heterocycles. The molecule has 0 saturated carbocycles. The van der Waals surface area contributed by atoms with Crippen LogP contribution in [-0.4, -0.2) is 54.2 Å². The van der Waals surface area contributed by atoms with E-state index in [1.54, 1.807) is 0 Å². The van der Waals surface area contributed by atoms with Crippen molar-refractivity contribution in [1.29, 1.82) is 0 Å². The summed E-state index contributed by atoms with van der Waals surface area (Å²) in [5, 5.41) is 9.79. The Morgan fingerprint density at radius 3 is 2.76 bits per heavy atom. The predicted octanol–water partition coefficient (Wildman–Crippen LogP) is -0.658. The molecule has 0 aliphatic carbocycles. The first-order chi connectivity index (χ1) is 7.91. The van der Waals surface area contributed by atoms with Crippen LogP contribution in [0.1, 0.15) is 20.3 Å². The molecule has 0 aromatic carbocycles. The normalized spacial score (nSPS) is 52.9. The molecule has 3 aliphatic rings. The van der Waals surface area contributed by atoms with Gasteiger partial charge in [-0.3, -0.25) is 0 Å². The molecular weight excluding hydrogens is 226 g/mol. The highest BCUT2D eigenvalue weighted by Crippen LogP contribution is 2.44. The third-order valence-electron chi connectivity index (χ3n) is 3.65. The van der Waals surface area contributed by atoms with Crippen molar-refractivity contribution in [2.75, 3.05) is 13.2 Å². The lowest BCUT2D eigenvalue weighted by molar-refractivity contribution is -0.215. The highest BCUT2D eigenvalue weighted by Gasteiger charge is 2.62. The van der Waals surface area contributed by atoms with Gasteiger partial charge in [-0.05, 0) is 20.3 Å². The lowest BCUT2D eigenvalue weighted by Crippen LogP contribution is -2.58. The highest BCUT2D eigenvalue weighted by atomic mass is 16.8. The van der Waals surface area contributed by atoms with Crippen molar-refractivity contribution < 1.29 is 24.1 Å². The van der Waals surface area contributed by atoms with Crippen LogP contribution in [0.2, 0.25) is 0 Å². The molecule has 0 radical (unpaired) electrons. The van der Waals surface area contributed by atoms with Crippen LogP contribution in [0.4, 0.5) is 0 Å². The summed E-state index contributed by atoms with van der Waals surface area (Å²) >= 11 is 0. The van der Waals surface area contributed by atoms with Crippen molar-refractivity contribution >= 4 is 0 Å². The Morgan fingerprint density at radius 2 is 2.00 bits per heavy atom. The summed E-state index contributed by atoms with van der Waals surface area (Å²) in [4.78, 5) is 0. The zero-order chi connectivity index (χ0) is 12.3. The molecule has 0 unspecified atom stereocenters. The highest BCUT2D eigenvalue weighted by molar-refractivity contribution is 5.10. The maximum Gasteiger partial charge on any atom is 0.189 e. The smallest absolute Gasteiger partial charge is 0.189 e. The van der Waals surface area contributed by atoms with Crippen LogP contribution < -0.4 is 5.73 Å². The van der Waals surface area contributed by atoms with Gasteiger partial charge < -0.3 is 29.8 Å². The molecule has 0 spiro atoms. The van der Waals surface area contributed by atoms with Gasteiger partial charge in [-0.1, -0.05) is 0 Å². The average Bonchev–Trinajstić information content (AvgIpc) is 2.56. The van der Waals surface area contributed by atoms with Gasteiger partial charge in [0.05, 0.1) is 24.9 Å². The molecule has 98 valence electrons. The molecule has 0 aromatic rings. The van der Waals surface area contributed by atoms with Gasteiger partial charge >= 0.3 is 0 Å². The minimum atomic E-state index is -0.742. The third-order valence-corrected chi connectivity index (χ3v) is 3.65. The molecule has 3 saturated heterocycles. The Labute approximate surface area is 100.0 Å². The van der Waals surface area contributed by atoms with E-state index in [4.69, 9.17) is 24.7 Å². The van der Waals surface area contributed by atoms with Crippen LogP contribution in [0.3, 0.4) is 0 Å². The molecule has 3 heterocycles. The number of aliphatic hydroxyl groups is 1. The summed E-state index contributed by atoms with van der Waals surface area (Å²) in [5.74, 6) is -0.690. The van der Waals surface area contributed by atoms with E-state index < -0.39 is 23.7 Å². The number of nitrogens with two attached hydrogens (primary N) is 1. The maximum absolute atomic E-state index is 9.79. The van der Waals surface area contributed by atoms with E-state index in [-0.39, 0.29) is 12.2 Å². The molecule has 17 heavy (non-hydrogen) atoms. The van der Waals surface area contributed by atoms with Crippen molar-refractivity contribution in [2.45, 2.75) is 56.2 Å².